The number of nitrogens with one attached hydrogen (secondary N) is 1. The maximum atomic E-state index is 12.0. The van der Waals surface area contributed by atoms with Crippen molar-refractivity contribution < 1.29 is 4.79 Å². The fraction of sp³-hybridized carbons (Fsp3) is 0.348. The van der Waals surface area contributed by atoms with Gasteiger partial charge in [-0.15, -0.1) is 10.2 Å². The molecule has 0 spiro atoms. The fourth-order valence-electron chi connectivity index (χ4n) is 3.02. The van der Waals surface area contributed by atoms with Crippen LogP contribution in [-0.2, 0) is 11.2 Å². The molecule has 8 heteroatoms. The molecule has 1 aromatic heterocycles. The number of rotatable bonds is 10. The normalized spacial score (nSPS) is 12.0. The molecule has 31 heavy (non-hydrogen) atoms. The topological polar surface area (TPSA) is 59.8 Å². The Morgan fingerprint density at radius 3 is 2.61 bits per heavy atom. The third kappa shape index (κ3) is 6.73. The lowest BCUT2D eigenvalue weighted by Crippen LogP contribution is -2.31. The van der Waals surface area contributed by atoms with Gasteiger partial charge >= 0.3 is 0 Å². The average molecular weight is 477 g/mol. The number of benzene rings is 2. The van der Waals surface area contributed by atoms with Gasteiger partial charge in [0.2, 0.25) is 5.91 Å². The minimum absolute atomic E-state index is 0.0886. The molecule has 1 amide bonds. The van der Waals surface area contributed by atoms with Crippen LogP contribution in [0.3, 0.4) is 0 Å². The highest BCUT2D eigenvalue weighted by molar-refractivity contribution is 7.99. The molecule has 5 nitrogen and oxygen atoms in total. The summed E-state index contributed by atoms with van der Waals surface area (Å²) in [6, 6.07) is 15.9. The Morgan fingerprint density at radius 2 is 1.90 bits per heavy atom. The standard InChI is InChI=1S/C23H26Cl2N4OS/c1-3-16(2)26-22(30)10-7-13-31-23-28-27-21(14-17-8-5-4-6-9-17)29(23)18-11-12-19(24)20(25)15-18/h4-6,8-9,11-12,15-16H,3,7,10,13-14H2,1-2H3,(H,26,30). The summed E-state index contributed by atoms with van der Waals surface area (Å²) in [7, 11) is 0. The van der Waals surface area contributed by atoms with Crippen LogP contribution >= 0.6 is 35.0 Å². The van der Waals surface area contributed by atoms with E-state index in [0.717, 1.165) is 40.8 Å². The smallest absolute Gasteiger partial charge is 0.220 e. The Balaban J connectivity index is 1.75. The summed E-state index contributed by atoms with van der Waals surface area (Å²) in [5, 5.41) is 13.6. The number of thioether (sulfide) groups is 1. The number of carbonyl (C=O) groups is 1. The van der Waals surface area contributed by atoms with Gasteiger partial charge in [0.1, 0.15) is 5.82 Å². The summed E-state index contributed by atoms with van der Waals surface area (Å²) in [6.07, 6.45) is 2.83. The summed E-state index contributed by atoms with van der Waals surface area (Å²) in [4.78, 5) is 12.0. The van der Waals surface area contributed by atoms with Crippen LogP contribution < -0.4 is 5.32 Å². The summed E-state index contributed by atoms with van der Waals surface area (Å²) < 4.78 is 2.01. The molecule has 164 valence electrons. The number of hydrogen-bond donors (Lipinski definition) is 1. The Bertz CT molecular complexity index is 1010. The minimum Gasteiger partial charge on any atom is -0.354 e. The molecule has 0 bridgehead atoms. The van der Waals surface area contributed by atoms with Crippen LogP contribution in [0, 0.1) is 0 Å². The zero-order valence-corrected chi connectivity index (χ0v) is 20.0. The van der Waals surface area contributed by atoms with Crippen LogP contribution in [0.4, 0.5) is 0 Å². The second kappa shape index (κ2) is 11.6. The van der Waals surface area contributed by atoms with E-state index in [9.17, 15) is 4.79 Å². The lowest BCUT2D eigenvalue weighted by molar-refractivity contribution is -0.121. The second-order valence-electron chi connectivity index (χ2n) is 7.32. The van der Waals surface area contributed by atoms with Crippen molar-refractivity contribution in [2.45, 2.75) is 50.7 Å². The highest BCUT2D eigenvalue weighted by atomic mass is 35.5. The van der Waals surface area contributed by atoms with E-state index < -0.39 is 0 Å². The Hall–Kier alpha value is -2.02. The van der Waals surface area contributed by atoms with Gasteiger partial charge in [-0.25, -0.2) is 0 Å². The molecule has 0 aliphatic carbocycles. The number of aromatic nitrogens is 3. The van der Waals surface area contributed by atoms with E-state index in [-0.39, 0.29) is 11.9 Å². The Kier molecular flexibility index (Phi) is 8.81. The zero-order chi connectivity index (χ0) is 22.2. The summed E-state index contributed by atoms with van der Waals surface area (Å²) in [5.74, 6) is 1.67. The first-order valence-electron chi connectivity index (χ1n) is 10.3. The maximum Gasteiger partial charge on any atom is 0.220 e. The molecule has 1 heterocycles. The first kappa shape index (κ1) is 23.6. The maximum absolute atomic E-state index is 12.0. The van der Waals surface area contributed by atoms with Crippen molar-refractivity contribution in [1.82, 2.24) is 20.1 Å². The van der Waals surface area contributed by atoms with Gasteiger partial charge in [0, 0.05) is 24.6 Å². The van der Waals surface area contributed by atoms with Gasteiger partial charge in [0.25, 0.3) is 0 Å². The quantitative estimate of drug-likeness (QED) is 0.290. The lowest BCUT2D eigenvalue weighted by Gasteiger charge is -2.12. The summed E-state index contributed by atoms with van der Waals surface area (Å²) in [5.41, 5.74) is 2.01. The molecule has 0 aliphatic rings. The molecule has 3 aromatic rings. The number of nitrogens with zero attached hydrogens (tertiary/aromatic N) is 3. The minimum atomic E-state index is 0.0886. The van der Waals surface area contributed by atoms with Gasteiger partial charge in [-0.3, -0.25) is 9.36 Å². The van der Waals surface area contributed by atoms with Crippen LogP contribution in [0.1, 0.15) is 44.5 Å². The molecular formula is C23H26Cl2N4OS. The van der Waals surface area contributed by atoms with Gasteiger partial charge in [-0.1, -0.05) is 72.2 Å². The van der Waals surface area contributed by atoms with Gasteiger partial charge in [-0.05, 0) is 43.5 Å². The molecule has 1 unspecified atom stereocenters. The molecular weight excluding hydrogens is 451 g/mol. The Morgan fingerprint density at radius 1 is 1.13 bits per heavy atom. The van der Waals surface area contributed by atoms with Crippen LogP contribution in [0.15, 0.2) is 53.7 Å². The van der Waals surface area contributed by atoms with Crippen molar-refractivity contribution in [2.75, 3.05) is 5.75 Å². The highest BCUT2D eigenvalue weighted by Crippen LogP contribution is 2.29. The summed E-state index contributed by atoms with van der Waals surface area (Å²) in [6.45, 7) is 4.07. The van der Waals surface area contributed by atoms with Gasteiger partial charge in [-0.2, -0.15) is 0 Å². The van der Waals surface area contributed by atoms with Crippen molar-refractivity contribution in [3.05, 3.63) is 70.0 Å². The van der Waals surface area contributed by atoms with Gasteiger partial charge < -0.3 is 5.32 Å². The van der Waals surface area contributed by atoms with E-state index in [0.29, 0.717) is 22.9 Å². The van der Waals surface area contributed by atoms with Crippen molar-refractivity contribution in [1.29, 1.82) is 0 Å². The van der Waals surface area contributed by atoms with Crippen LogP contribution in [-0.4, -0.2) is 32.5 Å². The fourth-order valence-corrected chi connectivity index (χ4v) is 4.22. The molecule has 2 aromatic carbocycles. The number of hydrogen-bond acceptors (Lipinski definition) is 4. The molecule has 0 aliphatic heterocycles. The molecule has 1 atom stereocenters. The number of amides is 1. The van der Waals surface area contributed by atoms with E-state index in [1.165, 1.54) is 0 Å². The van der Waals surface area contributed by atoms with E-state index in [1.807, 2.05) is 41.8 Å². The third-order valence-electron chi connectivity index (χ3n) is 4.87. The highest BCUT2D eigenvalue weighted by Gasteiger charge is 2.16. The van der Waals surface area contributed by atoms with E-state index in [2.05, 4.69) is 34.6 Å². The van der Waals surface area contributed by atoms with E-state index >= 15 is 0 Å². The predicted molar refractivity (Wildman–Crippen MR) is 128 cm³/mol. The third-order valence-corrected chi connectivity index (χ3v) is 6.62. The largest absolute Gasteiger partial charge is 0.354 e. The predicted octanol–water partition coefficient (Wildman–Crippen LogP) is 5.95. The zero-order valence-electron chi connectivity index (χ0n) is 17.6. The molecule has 1 N–H and O–H groups in total. The molecule has 0 saturated heterocycles. The molecule has 3 rings (SSSR count). The molecule has 0 radical (unpaired) electrons. The molecule has 0 saturated carbocycles. The molecule has 0 fully saturated rings. The lowest BCUT2D eigenvalue weighted by atomic mass is 10.1. The monoisotopic (exact) mass is 476 g/mol. The van der Waals surface area contributed by atoms with Gasteiger partial charge in [0.05, 0.1) is 15.7 Å². The van der Waals surface area contributed by atoms with Gasteiger partial charge in [0.15, 0.2) is 5.16 Å². The van der Waals surface area contributed by atoms with Crippen molar-refractivity contribution >= 4 is 40.9 Å². The average Bonchev–Trinajstić information content (AvgIpc) is 3.16. The second-order valence-corrected chi connectivity index (χ2v) is 9.20. The first-order valence-corrected chi connectivity index (χ1v) is 12.1. The van der Waals surface area contributed by atoms with Crippen molar-refractivity contribution in [2.24, 2.45) is 0 Å². The first-order chi connectivity index (χ1) is 15.0. The van der Waals surface area contributed by atoms with Crippen molar-refractivity contribution in [3.8, 4) is 5.69 Å². The van der Waals surface area contributed by atoms with E-state index in [4.69, 9.17) is 23.2 Å². The SMILES string of the molecule is CCC(C)NC(=O)CCCSc1nnc(Cc2ccccc2)n1-c1ccc(Cl)c(Cl)c1. The van der Waals surface area contributed by atoms with Crippen LogP contribution in [0.5, 0.6) is 0 Å². The van der Waals surface area contributed by atoms with Crippen LogP contribution in [0.25, 0.3) is 5.69 Å². The number of carbonyl (C=O) groups excluding carboxylic acids is 1. The van der Waals surface area contributed by atoms with Crippen LogP contribution in [0.2, 0.25) is 10.0 Å². The summed E-state index contributed by atoms with van der Waals surface area (Å²) >= 11 is 14.0. The Labute approximate surface area is 197 Å². The van der Waals surface area contributed by atoms with E-state index in [1.54, 1.807) is 17.8 Å². The number of halogens is 2. The van der Waals surface area contributed by atoms with Crippen molar-refractivity contribution in [3.63, 3.8) is 0 Å².